The van der Waals surface area contributed by atoms with E-state index in [0.29, 0.717) is 6.04 Å². The highest BCUT2D eigenvalue weighted by atomic mass is 14.7. The van der Waals surface area contributed by atoms with Crippen molar-refractivity contribution in [1.29, 1.82) is 0 Å². The Morgan fingerprint density at radius 3 is 2.20 bits per heavy atom. The standard InChI is InChI=1S/C9H19N/c1-6-9(4,5)7-10-8(2)3/h7-8H,6H2,1-5H3. The van der Waals surface area contributed by atoms with Crippen LogP contribution >= 0.6 is 0 Å². The molecule has 1 nitrogen and oxygen atoms in total. The predicted octanol–water partition coefficient (Wildman–Crippen LogP) is 2.90. The average Bonchev–Trinajstić information content (AvgIpc) is 1.85. The Morgan fingerprint density at radius 1 is 1.40 bits per heavy atom. The lowest BCUT2D eigenvalue weighted by Gasteiger charge is -2.16. The maximum absolute atomic E-state index is 4.34. The number of aliphatic imine (C=N–C) groups is 1. The predicted molar refractivity (Wildman–Crippen MR) is 47.7 cm³/mol. The summed E-state index contributed by atoms with van der Waals surface area (Å²) >= 11 is 0. The minimum absolute atomic E-state index is 0.282. The van der Waals surface area contributed by atoms with Crippen LogP contribution in [0.4, 0.5) is 0 Å². The highest BCUT2D eigenvalue weighted by Gasteiger charge is 2.10. The Hall–Kier alpha value is -0.330. The molecule has 0 aromatic heterocycles. The summed E-state index contributed by atoms with van der Waals surface area (Å²) in [6.45, 7) is 10.8. The molecule has 0 aromatic rings. The van der Waals surface area contributed by atoms with E-state index in [4.69, 9.17) is 0 Å². The molecule has 0 aliphatic carbocycles. The normalized spacial score (nSPS) is 13.4. The summed E-state index contributed by atoms with van der Waals surface area (Å²) in [6.07, 6.45) is 3.22. The molecule has 0 fully saturated rings. The van der Waals surface area contributed by atoms with E-state index < -0.39 is 0 Å². The van der Waals surface area contributed by atoms with Crippen molar-refractivity contribution in [2.75, 3.05) is 0 Å². The second kappa shape index (κ2) is 3.75. The van der Waals surface area contributed by atoms with Gasteiger partial charge in [0.2, 0.25) is 0 Å². The van der Waals surface area contributed by atoms with E-state index in [1.54, 1.807) is 0 Å². The molecule has 0 aromatic carbocycles. The summed E-state index contributed by atoms with van der Waals surface area (Å²) in [5.41, 5.74) is 0.282. The van der Waals surface area contributed by atoms with Crippen molar-refractivity contribution in [3.63, 3.8) is 0 Å². The van der Waals surface area contributed by atoms with Gasteiger partial charge in [-0.3, -0.25) is 4.99 Å². The molecule has 0 spiro atoms. The highest BCUT2D eigenvalue weighted by molar-refractivity contribution is 5.64. The molecular formula is C9H19N. The maximum Gasteiger partial charge on any atom is 0.0439 e. The third kappa shape index (κ3) is 4.54. The van der Waals surface area contributed by atoms with Crippen molar-refractivity contribution < 1.29 is 0 Å². The van der Waals surface area contributed by atoms with Gasteiger partial charge in [-0.15, -0.1) is 0 Å². The summed E-state index contributed by atoms with van der Waals surface area (Å²) in [6, 6.07) is 0.436. The Labute approximate surface area is 64.6 Å². The molecule has 0 radical (unpaired) electrons. The zero-order valence-corrected chi connectivity index (χ0v) is 7.81. The van der Waals surface area contributed by atoms with Crippen LogP contribution in [0.3, 0.4) is 0 Å². The second-order valence-corrected chi connectivity index (χ2v) is 3.71. The van der Waals surface area contributed by atoms with Crippen LogP contribution in [-0.2, 0) is 0 Å². The zero-order chi connectivity index (χ0) is 8.20. The molecule has 0 heterocycles. The Balaban J connectivity index is 3.86. The first-order chi connectivity index (χ1) is 4.48. The minimum Gasteiger partial charge on any atom is -0.294 e. The van der Waals surface area contributed by atoms with Crippen molar-refractivity contribution in [2.24, 2.45) is 10.4 Å². The first kappa shape index (κ1) is 9.67. The van der Waals surface area contributed by atoms with Gasteiger partial charge in [-0.05, 0) is 25.7 Å². The maximum atomic E-state index is 4.34. The molecule has 1 heteroatoms. The fourth-order valence-electron chi connectivity index (χ4n) is 0.442. The van der Waals surface area contributed by atoms with E-state index in [1.807, 2.05) is 0 Å². The van der Waals surface area contributed by atoms with E-state index in [1.165, 1.54) is 0 Å². The first-order valence-electron chi connectivity index (χ1n) is 4.02. The molecule has 0 N–H and O–H groups in total. The van der Waals surface area contributed by atoms with Crippen LogP contribution in [0.15, 0.2) is 4.99 Å². The molecule has 10 heavy (non-hydrogen) atoms. The number of nitrogens with zero attached hydrogens (tertiary/aromatic N) is 1. The Bertz CT molecular complexity index is 112. The first-order valence-corrected chi connectivity index (χ1v) is 4.02. The van der Waals surface area contributed by atoms with E-state index in [2.05, 4.69) is 45.8 Å². The molecule has 0 aliphatic rings. The van der Waals surface area contributed by atoms with E-state index in [-0.39, 0.29) is 5.41 Å². The van der Waals surface area contributed by atoms with Gasteiger partial charge in [0.1, 0.15) is 0 Å². The van der Waals surface area contributed by atoms with E-state index >= 15 is 0 Å². The number of hydrogen-bond acceptors (Lipinski definition) is 1. The lowest BCUT2D eigenvalue weighted by Crippen LogP contribution is -2.12. The minimum atomic E-state index is 0.282. The fourth-order valence-corrected chi connectivity index (χ4v) is 0.442. The van der Waals surface area contributed by atoms with Gasteiger partial charge in [0.05, 0.1) is 0 Å². The van der Waals surface area contributed by atoms with Gasteiger partial charge < -0.3 is 0 Å². The van der Waals surface area contributed by atoms with E-state index in [0.717, 1.165) is 6.42 Å². The summed E-state index contributed by atoms with van der Waals surface area (Å²) in [7, 11) is 0. The molecule has 60 valence electrons. The van der Waals surface area contributed by atoms with Crippen LogP contribution in [-0.4, -0.2) is 12.3 Å². The van der Waals surface area contributed by atoms with Gasteiger partial charge in [-0.25, -0.2) is 0 Å². The van der Waals surface area contributed by atoms with Crippen LogP contribution in [0.25, 0.3) is 0 Å². The fraction of sp³-hybridized carbons (Fsp3) is 0.889. The molecule has 0 saturated heterocycles. The Kier molecular flexibility index (Phi) is 3.62. The van der Waals surface area contributed by atoms with Crippen molar-refractivity contribution >= 4 is 6.21 Å². The van der Waals surface area contributed by atoms with Gasteiger partial charge in [-0.2, -0.15) is 0 Å². The monoisotopic (exact) mass is 141 g/mol. The third-order valence-corrected chi connectivity index (χ3v) is 1.63. The van der Waals surface area contributed by atoms with Gasteiger partial charge in [0, 0.05) is 12.3 Å². The number of rotatable bonds is 3. The van der Waals surface area contributed by atoms with Gasteiger partial charge in [0.15, 0.2) is 0 Å². The SMILES string of the molecule is CCC(C)(C)C=NC(C)C. The molecule has 0 amide bonds. The van der Waals surface area contributed by atoms with Crippen LogP contribution < -0.4 is 0 Å². The van der Waals surface area contributed by atoms with Gasteiger partial charge in [0.25, 0.3) is 0 Å². The van der Waals surface area contributed by atoms with Crippen molar-refractivity contribution in [2.45, 2.75) is 47.1 Å². The topological polar surface area (TPSA) is 12.4 Å². The lowest BCUT2D eigenvalue weighted by molar-refractivity contribution is 0.512. The van der Waals surface area contributed by atoms with E-state index in [9.17, 15) is 0 Å². The van der Waals surface area contributed by atoms with Gasteiger partial charge >= 0.3 is 0 Å². The average molecular weight is 141 g/mol. The lowest BCUT2D eigenvalue weighted by atomic mass is 9.92. The Morgan fingerprint density at radius 2 is 1.90 bits per heavy atom. The third-order valence-electron chi connectivity index (χ3n) is 1.63. The van der Waals surface area contributed by atoms with Crippen LogP contribution in [0.2, 0.25) is 0 Å². The second-order valence-electron chi connectivity index (χ2n) is 3.71. The van der Waals surface area contributed by atoms with Crippen LogP contribution in [0, 0.1) is 5.41 Å². The molecule has 0 unspecified atom stereocenters. The molecule has 0 rings (SSSR count). The van der Waals surface area contributed by atoms with Crippen molar-refractivity contribution in [1.82, 2.24) is 0 Å². The van der Waals surface area contributed by atoms with Crippen LogP contribution in [0.5, 0.6) is 0 Å². The highest BCUT2D eigenvalue weighted by Crippen LogP contribution is 2.16. The summed E-state index contributed by atoms with van der Waals surface area (Å²) < 4.78 is 0. The number of hydrogen-bond donors (Lipinski definition) is 0. The molecule has 0 atom stereocenters. The summed E-state index contributed by atoms with van der Waals surface area (Å²) in [4.78, 5) is 4.34. The van der Waals surface area contributed by atoms with Crippen molar-refractivity contribution in [3.8, 4) is 0 Å². The van der Waals surface area contributed by atoms with Crippen molar-refractivity contribution in [3.05, 3.63) is 0 Å². The molecule has 0 bridgehead atoms. The zero-order valence-electron chi connectivity index (χ0n) is 7.81. The van der Waals surface area contributed by atoms with Crippen LogP contribution in [0.1, 0.15) is 41.0 Å². The summed E-state index contributed by atoms with van der Waals surface area (Å²) in [5, 5.41) is 0. The molecular weight excluding hydrogens is 122 g/mol. The summed E-state index contributed by atoms with van der Waals surface area (Å²) in [5.74, 6) is 0. The largest absolute Gasteiger partial charge is 0.294 e. The quantitative estimate of drug-likeness (QED) is 0.536. The van der Waals surface area contributed by atoms with Gasteiger partial charge in [-0.1, -0.05) is 20.8 Å². The molecule has 0 saturated carbocycles. The smallest absolute Gasteiger partial charge is 0.0439 e. The molecule has 0 aliphatic heterocycles.